The molecule has 1 unspecified atom stereocenters. The van der Waals surface area contributed by atoms with Crippen LogP contribution in [0.2, 0.25) is 0 Å². The Labute approximate surface area is 162 Å². The Bertz CT molecular complexity index is 1160. The molecule has 28 heavy (non-hydrogen) atoms. The predicted molar refractivity (Wildman–Crippen MR) is 109 cm³/mol. The Morgan fingerprint density at radius 2 is 1.86 bits per heavy atom. The van der Waals surface area contributed by atoms with Crippen LogP contribution < -0.4 is 5.69 Å². The van der Waals surface area contributed by atoms with Gasteiger partial charge in [-0.1, -0.05) is 30.3 Å². The first-order chi connectivity index (χ1) is 13.5. The second-order valence-electron chi connectivity index (χ2n) is 7.10. The summed E-state index contributed by atoms with van der Waals surface area (Å²) in [5.41, 5.74) is 3.87. The molecule has 0 saturated carbocycles. The molecule has 0 fully saturated rings. The van der Waals surface area contributed by atoms with Crippen molar-refractivity contribution in [3.8, 4) is 22.4 Å². The van der Waals surface area contributed by atoms with Gasteiger partial charge in [-0.05, 0) is 32.6 Å². The highest BCUT2D eigenvalue weighted by Gasteiger charge is 2.11. The van der Waals surface area contributed by atoms with Gasteiger partial charge < -0.3 is 4.90 Å². The Morgan fingerprint density at radius 1 is 1.07 bits per heavy atom. The van der Waals surface area contributed by atoms with Crippen LogP contribution >= 0.6 is 0 Å². The summed E-state index contributed by atoms with van der Waals surface area (Å²) in [7, 11) is 3.98. The molecule has 0 aliphatic rings. The molecule has 3 aromatic heterocycles. The van der Waals surface area contributed by atoms with Gasteiger partial charge in [-0.25, -0.2) is 14.3 Å². The maximum atomic E-state index is 12.4. The van der Waals surface area contributed by atoms with E-state index in [0.29, 0.717) is 12.2 Å². The van der Waals surface area contributed by atoms with Gasteiger partial charge in [0.25, 0.3) is 0 Å². The molecular weight excluding hydrogens is 352 g/mol. The normalized spacial score (nSPS) is 12.6. The fourth-order valence-corrected chi connectivity index (χ4v) is 3.00. The second-order valence-corrected chi connectivity index (χ2v) is 7.10. The molecule has 0 spiro atoms. The molecule has 7 nitrogen and oxygen atoms in total. The third-order valence-corrected chi connectivity index (χ3v) is 4.95. The van der Waals surface area contributed by atoms with Gasteiger partial charge in [-0.3, -0.25) is 4.57 Å². The van der Waals surface area contributed by atoms with Crippen LogP contribution in [0.25, 0.3) is 28.0 Å². The van der Waals surface area contributed by atoms with Crippen molar-refractivity contribution in [2.45, 2.75) is 19.5 Å². The topological polar surface area (TPSA) is 68.3 Å². The van der Waals surface area contributed by atoms with Crippen molar-refractivity contribution >= 4 is 5.65 Å². The third-order valence-electron chi connectivity index (χ3n) is 4.95. The molecule has 0 aliphatic heterocycles. The molecule has 7 heteroatoms. The van der Waals surface area contributed by atoms with Crippen molar-refractivity contribution in [2.75, 3.05) is 14.1 Å². The van der Waals surface area contributed by atoms with E-state index in [2.05, 4.69) is 26.9 Å². The van der Waals surface area contributed by atoms with Crippen molar-refractivity contribution in [3.05, 3.63) is 71.7 Å². The van der Waals surface area contributed by atoms with Gasteiger partial charge >= 0.3 is 5.69 Å². The van der Waals surface area contributed by atoms with Gasteiger partial charge in [0.2, 0.25) is 0 Å². The molecule has 4 aromatic rings. The highest BCUT2D eigenvalue weighted by Crippen LogP contribution is 2.24. The van der Waals surface area contributed by atoms with E-state index in [0.717, 1.165) is 22.3 Å². The molecule has 1 aromatic carbocycles. The van der Waals surface area contributed by atoms with Crippen LogP contribution in [0.3, 0.4) is 0 Å². The van der Waals surface area contributed by atoms with Crippen molar-refractivity contribution in [1.82, 2.24) is 29.0 Å². The summed E-state index contributed by atoms with van der Waals surface area (Å²) in [5.74, 6) is 0. The summed E-state index contributed by atoms with van der Waals surface area (Å²) in [4.78, 5) is 23.3. The first-order valence-electron chi connectivity index (χ1n) is 9.16. The molecule has 0 amide bonds. The van der Waals surface area contributed by atoms with Crippen LogP contribution in [0, 0.1) is 0 Å². The van der Waals surface area contributed by atoms with Crippen molar-refractivity contribution in [1.29, 1.82) is 0 Å². The number of nitrogens with zero attached hydrogens (tertiary/aromatic N) is 6. The summed E-state index contributed by atoms with van der Waals surface area (Å²) in [6.07, 6.45) is 7.17. The molecule has 3 heterocycles. The van der Waals surface area contributed by atoms with E-state index in [1.807, 2.05) is 56.7 Å². The van der Waals surface area contributed by atoms with Gasteiger partial charge in [-0.15, -0.1) is 0 Å². The van der Waals surface area contributed by atoms with Crippen LogP contribution in [0.5, 0.6) is 0 Å². The number of rotatable bonds is 5. The van der Waals surface area contributed by atoms with Gasteiger partial charge in [-0.2, -0.15) is 10.1 Å². The molecule has 0 radical (unpaired) electrons. The lowest BCUT2D eigenvalue weighted by molar-refractivity contribution is 0.280. The summed E-state index contributed by atoms with van der Waals surface area (Å²) in [6.45, 7) is 2.66. The zero-order chi connectivity index (χ0) is 19.7. The standard InChI is InChI=1S/C21H22N6O/c1-15(25(2)3)13-26-10-9-19(24-21(26)28)17-11-22-20-18(12-23-27(20)14-17)16-7-5-4-6-8-16/h4-12,14-15H,13H2,1-3H3. The molecule has 142 valence electrons. The van der Waals surface area contributed by atoms with Crippen LogP contribution in [-0.4, -0.2) is 49.2 Å². The molecule has 1 atom stereocenters. The van der Waals surface area contributed by atoms with E-state index in [1.165, 1.54) is 0 Å². The Balaban J connectivity index is 1.67. The largest absolute Gasteiger partial charge is 0.348 e. The van der Waals surface area contributed by atoms with E-state index >= 15 is 0 Å². The fourth-order valence-electron chi connectivity index (χ4n) is 3.00. The summed E-state index contributed by atoms with van der Waals surface area (Å²) >= 11 is 0. The number of likely N-dealkylation sites (N-methyl/N-ethyl adjacent to an activating group) is 1. The number of hydrogen-bond acceptors (Lipinski definition) is 5. The number of fused-ring (bicyclic) bond motifs is 1. The van der Waals surface area contributed by atoms with Crippen LogP contribution in [0.1, 0.15) is 6.92 Å². The quantitative estimate of drug-likeness (QED) is 0.537. The number of hydrogen-bond donors (Lipinski definition) is 0. The molecular formula is C21H22N6O. The van der Waals surface area contributed by atoms with Crippen LogP contribution in [0.15, 0.2) is 66.0 Å². The average Bonchev–Trinajstić information content (AvgIpc) is 3.13. The zero-order valence-electron chi connectivity index (χ0n) is 16.1. The first kappa shape index (κ1) is 18.1. The second kappa shape index (κ2) is 7.36. The van der Waals surface area contributed by atoms with Crippen LogP contribution in [0.4, 0.5) is 0 Å². The molecule has 0 N–H and O–H groups in total. The van der Waals surface area contributed by atoms with Crippen molar-refractivity contribution in [2.24, 2.45) is 0 Å². The van der Waals surface area contributed by atoms with E-state index in [9.17, 15) is 4.79 Å². The maximum Gasteiger partial charge on any atom is 0.348 e. The third kappa shape index (κ3) is 3.44. The van der Waals surface area contributed by atoms with Crippen molar-refractivity contribution in [3.63, 3.8) is 0 Å². The minimum absolute atomic E-state index is 0.240. The lowest BCUT2D eigenvalue weighted by Gasteiger charge is -2.20. The highest BCUT2D eigenvalue weighted by molar-refractivity contribution is 5.77. The fraction of sp³-hybridized carbons (Fsp3) is 0.238. The molecule has 0 saturated heterocycles. The Kier molecular flexibility index (Phi) is 4.75. The SMILES string of the molecule is CC(Cn1ccc(-c2cnc3c(-c4ccccc4)cnn3c2)nc1=O)N(C)C. The lowest BCUT2D eigenvalue weighted by atomic mass is 10.1. The van der Waals surface area contributed by atoms with Gasteiger partial charge in [0.05, 0.1) is 11.9 Å². The Morgan fingerprint density at radius 3 is 2.57 bits per heavy atom. The highest BCUT2D eigenvalue weighted by atomic mass is 16.1. The lowest BCUT2D eigenvalue weighted by Crippen LogP contribution is -2.34. The smallest absolute Gasteiger partial charge is 0.305 e. The summed E-state index contributed by atoms with van der Waals surface area (Å²) in [6, 6.07) is 12.1. The average molecular weight is 374 g/mol. The van der Waals surface area contributed by atoms with E-state index in [-0.39, 0.29) is 11.7 Å². The minimum Gasteiger partial charge on any atom is -0.305 e. The first-order valence-corrected chi connectivity index (χ1v) is 9.16. The summed E-state index contributed by atoms with van der Waals surface area (Å²) in [5, 5.41) is 4.42. The van der Waals surface area contributed by atoms with E-state index in [4.69, 9.17) is 0 Å². The predicted octanol–water partition coefficient (Wildman–Crippen LogP) is 2.57. The minimum atomic E-state index is -0.267. The van der Waals surface area contributed by atoms with Gasteiger partial charge in [0.15, 0.2) is 5.65 Å². The van der Waals surface area contributed by atoms with E-state index < -0.39 is 0 Å². The van der Waals surface area contributed by atoms with Gasteiger partial charge in [0.1, 0.15) is 0 Å². The molecule has 0 bridgehead atoms. The van der Waals surface area contributed by atoms with Gasteiger partial charge in [0, 0.05) is 42.3 Å². The zero-order valence-corrected chi connectivity index (χ0v) is 16.1. The van der Waals surface area contributed by atoms with E-state index in [1.54, 1.807) is 27.7 Å². The van der Waals surface area contributed by atoms with Crippen molar-refractivity contribution < 1.29 is 0 Å². The summed E-state index contributed by atoms with van der Waals surface area (Å²) < 4.78 is 3.35. The number of aromatic nitrogens is 5. The Hall–Kier alpha value is -3.32. The molecule has 4 rings (SSSR count). The number of benzene rings is 1. The maximum absolute atomic E-state index is 12.4. The van der Waals surface area contributed by atoms with Crippen LogP contribution in [-0.2, 0) is 6.54 Å². The monoisotopic (exact) mass is 374 g/mol. The molecule has 0 aliphatic carbocycles.